The van der Waals surface area contributed by atoms with Crippen molar-refractivity contribution in [3.05, 3.63) is 35.9 Å². The van der Waals surface area contributed by atoms with E-state index in [-0.39, 0.29) is 19.3 Å². The van der Waals surface area contributed by atoms with Crippen LogP contribution >= 0.6 is 0 Å². The van der Waals surface area contributed by atoms with E-state index in [0.717, 1.165) is 0 Å². The molecule has 0 aliphatic carbocycles. The van der Waals surface area contributed by atoms with Crippen LogP contribution in [0.3, 0.4) is 0 Å². The molecule has 1 rings (SSSR count). The van der Waals surface area contributed by atoms with Crippen molar-refractivity contribution in [2.45, 2.75) is 82.6 Å². The maximum Gasteiger partial charge on any atom is 0.325 e. The van der Waals surface area contributed by atoms with Gasteiger partial charge in [0, 0.05) is 0 Å². The smallest absolute Gasteiger partial charge is 0.325 e. The van der Waals surface area contributed by atoms with E-state index in [0.29, 0.717) is 24.9 Å². The van der Waals surface area contributed by atoms with Gasteiger partial charge in [0.15, 0.2) is 0 Å². The first-order valence-electron chi connectivity index (χ1n) is 14.1. The predicted molar refractivity (Wildman–Crippen MR) is 157 cm³/mol. The van der Waals surface area contributed by atoms with Gasteiger partial charge in [0.05, 0.1) is 18.4 Å². The second-order valence-corrected chi connectivity index (χ2v) is 10.5. The Hall–Kier alpha value is -4.57. The summed E-state index contributed by atoms with van der Waals surface area (Å²) in [5.74, 6) is -8.15. The molecule has 12 N–H and O–H groups in total. The van der Waals surface area contributed by atoms with Gasteiger partial charge in [-0.1, -0.05) is 30.3 Å². The lowest BCUT2D eigenvalue weighted by molar-refractivity contribution is -0.143. The van der Waals surface area contributed by atoms with E-state index < -0.39 is 84.0 Å². The van der Waals surface area contributed by atoms with Gasteiger partial charge in [-0.05, 0) is 58.1 Å². The van der Waals surface area contributed by atoms with Crippen molar-refractivity contribution >= 4 is 41.5 Å². The molecule has 0 spiro atoms. The zero-order valence-corrected chi connectivity index (χ0v) is 24.8. The molecule has 44 heavy (non-hydrogen) atoms. The zero-order chi connectivity index (χ0) is 33.4. The van der Waals surface area contributed by atoms with Crippen molar-refractivity contribution in [3.63, 3.8) is 0 Å². The lowest BCUT2D eigenvalue weighted by Gasteiger charge is -2.25. The number of aliphatic carboxylic acids is 2. The van der Waals surface area contributed by atoms with Gasteiger partial charge in [-0.3, -0.25) is 33.6 Å². The van der Waals surface area contributed by atoms with Gasteiger partial charge in [-0.2, -0.15) is 0 Å². The van der Waals surface area contributed by atoms with Crippen LogP contribution in [0.1, 0.15) is 51.5 Å². The summed E-state index contributed by atoms with van der Waals surface area (Å²) in [6.07, 6.45) is -0.0129. The highest BCUT2D eigenvalue weighted by atomic mass is 16.4. The quantitative estimate of drug-likeness (QED) is 0.0699. The number of hydrogen-bond donors (Lipinski definition) is 9. The number of primary amides is 1. The number of nitrogens with two attached hydrogens (primary N) is 3. The van der Waals surface area contributed by atoms with E-state index in [1.807, 2.05) is 0 Å². The summed E-state index contributed by atoms with van der Waals surface area (Å²) in [6, 6.07) is 2.07. The molecular formula is C28H43N7O9. The van der Waals surface area contributed by atoms with Crippen LogP contribution in [-0.2, 0) is 40.0 Å². The van der Waals surface area contributed by atoms with E-state index >= 15 is 0 Å². The molecule has 0 aliphatic rings. The van der Waals surface area contributed by atoms with Crippen molar-refractivity contribution < 1.29 is 43.8 Å². The molecule has 0 saturated heterocycles. The van der Waals surface area contributed by atoms with Crippen LogP contribution in [0.5, 0.6) is 0 Å². The van der Waals surface area contributed by atoms with Crippen molar-refractivity contribution in [2.75, 3.05) is 6.54 Å². The topological polar surface area (TPSA) is 286 Å². The molecule has 1 aromatic carbocycles. The minimum absolute atomic E-state index is 0.0315. The average molecular weight is 622 g/mol. The Labute approximate surface area is 254 Å². The monoisotopic (exact) mass is 621 g/mol. The minimum Gasteiger partial charge on any atom is -0.481 e. The van der Waals surface area contributed by atoms with E-state index in [9.17, 15) is 38.7 Å². The Kier molecular flexibility index (Phi) is 16.1. The Morgan fingerprint density at radius 2 is 1.36 bits per heavy atom. The second-order valence-electron chi connectivity index (χ2n) is 10.5. The number of carboxylic acid groups (broad SMARTS) is 2. The summed E-state index contributed by atoms with van der Waals surface area (Å²) in [6.45, 7) is 2.92. The highest BCUT2D eigenvalue weighted by molar-refractivity contribution is 5.96. The summed E-state index contributed by atoms with van der Waals surface area (Å²) in [7, 11) is 0. The summed E-state index contributed by atoms with van der Waals surface area (Å²) < 4.78 is 0. The molecule has 0 fully saturated rings. The highest BCUT2D eigenvalue weighted by Gasteiger charge is 2.33. The van der Waals surface area contributed by atoms with Crippen LogP contribution in [0.15, 0.2) is 30.3 Å². The maximum absolute atomic E-state index is 13.3. The Balaban J connectivity index is 3.10. The second kappa shape index (κ2) is 18.9. The molecule has 5 amide bonds. The SMILES string of the molecule is C[C@H](N)C(=O)N[C@H](CC(Cc1ccccc1)C(=O)O)C(=O)N[C@H](CC(=O)N[C@@H](CCCCN)C(=O)N[C@H](C)C(=O)O)C(N)=O. The largest absolute Gasteiger partial charge is 0.481 e. The first kappa shape index (κ1) is 37.5. The third-order valence-electron chi connectivity index (χ3n) is 6.62. The fourth-order valence-corrected chi connectivity index (χ4v) is 4.06. The fraction of sp³-hybridized carbons (Fsp3) is 0.536. The van der Waals surface area contributed by atoms with E-state index in [1.54, 1.807) is 30.3 Å². The molecule has 0 radical (unpaired) electrons. The minimum atomic E-state index is -1.61. The molecular weight excluding hydrogens is 578 g/mol. The van der Waals surface area contributed by atoms with Crippen LogP contribution in [0.4, 0.5) is 0 Å². The van der Waals surface area contributed by atoms with Crippen LogP contribution in [0.25, 0.3) is 0 Å². The van der Waals surface area contributed by atoms with Crippen molar-refractivity contribution in [3.8, 4) is 0 Å². The molecule has 1 aromatic rings. The maximum atomic E-state index is 13.3. The molecule has 0 bridgehead atoms. The zero-order valence-electron chi connectivity index (χ0n) is 24.8. The van der Waals surface area contributed by atoms with Gasteiger partial charge >= 0.3 is 11.9 Å². The van der Waals surface area contributed by atoms with Crippen molar-refractivity contribution in [1.29, 1.82) is 0 Å². The number of amides is 5. The number of nitrogens with one attached hydrogen (secondary N) is 4. The summed E-state index contributed by atoms with van der Waals surface area (Å²) in [5.41, 5.74) is 17.2. The number of unbranched alkanes of at least 4 members (excludes halogenated alkanes) is 1. The van der Waals surface area contributed by atoms with Gasteiger partial charge in [0.25, 0.3) is 0 Å². The number of carboxylic acids is 2. The third kappa shape index (κ3) is 13.6. The van der Waals surface area contributed by atoms with Crippen LogP contribution in [-0.4, -0.2) is 88.4 Å². The first-order chi connectivity index (χ1) is 20.7. The van der Waals surface area contributed by atoms with Crippen LogP contribution in [0.2, 0.25) is 0 Å². The summed E-state index contributed by atoms with van der Waals surface area (Å²) in [4.78, 5) is 86.5. The molecule has 0 aliphatic heterocycles. The fourth-order valence-electron chi connectivity index (χ4n) is 4.06. The Morgan fingerprint density at radius 1 is 0.773 bits per heavy atom. The van der Waals surface area contributed by atoms with Gasteiger partial charge in [-0.25, -0.2) is 0 Å². The van der Waals surface area contributed by atoms with E-state index in [2.05, 4.69) is 21.3 Å². The van der Waals surface area contributed by atoms with E-state index in [1.165, 1.54) is 13.8 Å². The third-order valence-corrected chi connectivity index (χ3v) is 6.62. The molecule has 1 unspecified atom stereocenters. The normalized spacial score (nSPS) is 14.9. The van der Waals surface area contributed by atoms with Gasteiger partial charge < -0.3 is 48.7 Å². The summed E-state index contributed by atoms with van der Waals surface area (Å²) in [5, 5.41) is 28.3. The first-order valence-corrected chi connectivity index (χ1v) is 14.1. The Bertz CT molecular complexity index is 1160. The number of rotatable bonds is 20. The standard InChI is InChI=1S/C28H43N7O9/c1-15(30)24(38)35-21(13-18(28(43)44)12-17-8-4-3-5-9-17)26(40)34-20(23(31)37)14-22(36)33-19(10-6-7-11-29)25(39)32-16(2)27(41)42/h3-5,8-9,15-16,18-21H,6-7,10-14,29-30H2,1-2H3,(H2,31,37)(H,32,39)(H,33,36)(H,34,40)(H,35,38)(H,41,42)(H,43,44)/t15-,16+,18?,19-,20+,21+/m0/s1. The summed E-state index contributed by atoms with van der Waals surface area (Å²) >= 11 is 0. The molecule has 0 aromatic heterocycles. The van der Waals surface area contributed by atoms with Gasteiger partial charge in [0.2, 0.25) is 29.5 Å². The molecule has 0 saturated carbocycles. The number of hydrogen-bond acceptors (Lipinski definition) is 9. The molecule has 244 valence electrons. The van der Waals surface area contributed by atoms with Crippen molar-refractivity contribution in [1.82, 2.24) is 21.3 Å². The Morgan fingerprint density at radius 3 is 1.89 bits per heavy atom. The molecule has 6 atom stereocenters. The van der Waals surface area contributed by atoms with Crippen LogP contribution in [0, 0.1) is 5.92 Å². The van der Waals surface area contributed by atoms with Crippen LogP contribution < -0.4 is 38.5 Å². The number of carbonyl (C=O) groups is 7. The molecule has 0 heterocycles. The number of benzene rings is 1. The molecule has 16 heteroatoms. The van der Waals surface area contributed by atoms with Crippen molar-refractivity contribution in [2.24, 2.45) is 23.1 Å². The number of carbonyl (C=O) groups excluding carboxylic acids is 5. The predicted octanol–water partition coefficient (Wildman–Crippen LogP) is -2.28. The lowest BCUT2D eigenvalue weighted by Crippen LogP contribution is -2.57. The average Bonchev–Trinajstić information content (AvgIpc) is 2.95. The van der Waals surface area contributed by atoms with Gasteiger partial charge in [-0.15, -0.1) is 0 Å². The van der Waals surface area contributed by atoms with E-state index in [4.69, 9.17) is 22.3 Å². The van der Waals surface area contributed by atoms with Gasteiger partial charge in [0.1, 0.15) is 24.2 Å². The molecule has 16 nitrogen and oxygen atoms in total. The highest BCUT2D eigenvalue weighted by Crippen LogP contribution is 2.16. The lowest BCUT2D eigenvalue weighted by atomic mass is 9.92.